The number of nitrogens with one attached hydrogen (secondary N) is 1. The van der Waals surface area contributed by atoms with Crippen molar-refractivity contribution in [3.05, 3.63) is 15.6 Å². The highest BCUT2D eigenvalue weighted by atomic mass is 32.1. The fourth-order valence-corrected chi connectivity index (χ4v) is 4.01. The summed E-state index contributed by atoms with van der Waals surface area (Å²) >= 11 is 1.55. The van der Waals surface area contributed by atoms with Crippen LogP contribution in [-0.4, -0.2) is 28.1 Å². The second-order valence-corrected chi connectivity index (χ2v) is 7.32. The minimum atomic E-state index is -0.351. The van der Waals surface area contributed by atoms with Gasteiger partial charge in [0.2, 0.25) is 0 Å². The summed E-state index contributed by atoms with van der Waals surface area (Å²) in [7, 11) is 0. The Morgan fingerprint density at radius 1 is 1.48 bits per heavy atom. The molecule has 1 aliphatic carbocycles. The summed E-state index contributed by atoms with van der Waals surface area (Å²) in [6.45, 7) is 6.01. The Bertz CT molecular complexity index is 494. The molecule has 0 saturated heterocycles. The van der Waals surface area contributed by atoms with Crippen molar-refractivity contribution in [2.75, 3.05) is 6.61 Å². The van der Waals surface area contributed by atoms with Gasteiger partial charge in [-0.15, -0.1) is 11.3 Å². The van der Waals surface area contributed by atoms with Gasteiger partial charge in [-0.3, -0.25) is 4.79 Å². The van der Waals surface area contributed by atoms with Crippen molar-refractivity contribution < 1.29 is 9.90 Å². The van der Waals surface area contributed by atoms with E-state index in [4.69, 9.17) is 5.11 Å². The molecule has 1 fully saturated rings. The largest absolute Gasteiger partial charge is 0.396 e. The van der Waals surface area contributed by atoms with Crippen LogP contribution in [0.15, 0.2) is 0 Å². The number of hydrogen-bond acceptors (Lipinski definition) is 4. The van der Waals surface area contributed by atoms with Crippen LogP contribution in [0.25, 0.3) is 0 Å². The predicted molar refractivity (Wildman–Crippen MR) is 85.9 cm³/mol. The molecule has 0 aliphatic heterocycles. The molecule has 1 atom stereocenters. The maximum Gasteiger partial charge on any atom is 0.263 e. The first-order chi connectivity index (χ1) is 9.99. The molecule has 2 rings (SSSR count). The zero-order valence-corrected chi connectivity index (χ0v) is 14.1. The number of amides is 1. The standard InChI is InChI=1S/C16H26N2O2S/c1-4-16(3,9-10-19)18-14(20)13-11(2)17-15(21-13)12-7-5-6-8-12/h12,19H,4-10H2,1-3H3,(H,18,20). The smallest absolute Gasteiger partial charge is 0.263 e. The molecule has 4 nitrogen and oxygen atoms in total. The lowest BCUT2D eigenvalue weighted by Crippen LogP contribution is -2.46. The van der Waals surface area contributed by atoms with Crippen molar-refractivity contribution in [3.8, 4) is 0 Å². The van der Waals surface area contributed by atoms with Crippen molar-refractivity contribution in [3.63, 3.8) is 0 Å². The van der Waals surface area contributed by atoms with E-state index < -0.39 is 0 Å². The van der Waals surface area contributed by atoms with Crippen LogP contribution in [0.2, 0.25) is 0 Å². The van der Waals surface area contributed by atoms with Gasteiger partial charge in [0.05, 0.1) is 10.7 Å². The Hall–Kier alpha value is -0.940. The molecule has 1 unspecified atom stereocenters. The third-order valence-corrected chi connectivity index (χ3v) is 5.90. The molecular formula is C16H26N2O2S. The fraction of sp³-hybridized carbons (Fsp3) is 0.750. The maximum atomic E-state index is 12.5. The summed E-state index contributed by atoms with van der Waals surface area (Å²) in [6, 6.07) is 0. The Labute approximate surface area is 131 Å². The van der Waals surface area contributed by atoms with Gasteiger partial charge in [0.25, 0.3) is 5.91 Å². The average Bonchev–Trinajstić information content (AvgIpc) is 3.07. The van der Waals surface area contributed by atoms with E-state index in [-0.39, 0.29) is 18.1 Å². The number of hydrogen-bond donors (Lipinski definition) is 2. The van der Waals surface area contributed by atoms with E-state index in [0.717, 1.165) is 22.0 Å². The quantitative estimate of drug-likeness (QED) is 0.846. The first-order valence-electron chi connectivity index (χ1n) is 7.90. The Morgan fingerprint density at radius 2 is 2.14 bits per heavy atom. The maximum absolute atomic E-state index is 12.5. The summed E-state index contributed by atoms with van der Waals surface area (Å²) < 4.78 is 0. The predicted octanol–water partition coefficient (Wildman–Crippen LogP) is 3.39. The third-order valence-electron chi connectivity index (χ3n) is 4.58. The van der Waals surface area contributed by atoms with Crippen molar-refractivity contribution in [2.24, 2.45) is 0 Å². The molecule has 2 N–H and O–H groups in total. The van der Waals surface area contributed by atoms with Gasteiger partial charge < -0.3 is 10.4 Å². The van der Waals surface area contributed by atoms with Gasteiger partial charge in [-0.25, -0.2) is 4.98 Å². The van der Waals surface area contributed by atoms with Crippen LogP contribution >= 0.6 is 11.3 Å². The van der Waals surface area contributed by atoms with E-state index in [0.29, 0.717) is 12.3 Å². The number of thiazole rings is 1. The monoisotopic (exact) mass is 310 g/mol. The number of aliphatic hydroxyl groups is 1. The van der Waals surface area contributed by atoms with Crippen LogP contribution < -0.4 is 5.32 Å². The van der Waals surface area contributed by atoms with Crippen LogP contribution in [0, 0.1) is 6.92 Å². The number of carbonyl (C=O) groups excluding carboxylic acids is 1. The Balaban J connectivity index is 2.11. The summed E-state index contributed by atoms with van der Waals surface area (Å²) in [6.07, 6.45) is 6.32. The normalized spacial score (nSPS) is 18.7. The zero-order chi connectivity index (χ0) is 15.5. The lowest BCUT2D eigenvalue weighted by Gasteiger charge is -2.28. The van der Waals surface area contributed by atoms with Gasteiger partial charge in [0.1, 0.15) is 4.88 Å². The lowest BCUT2D eigenvalue weighted by atomic mass is 9.95. The fourth-order valence-electron chi connectivity index (χ4n) is 2.88. The first kappa shape index (κ1) is 16.4. The van der Waals surface area contributed by atoms with E-state index in [1.807, 2.05) is 20.8 Å². The number of aromatic nitrogens is 1. The van der Waals surface area contributed by atoms with Crippen LogP contribution in [0.4, 0.5) is 0 Å². The van der Waals surface area contributed by atoms with E-state index in [1.54, 1.807) is 11.3 Å². The molecule has 0 aromatic carbocycles. The number of aryl methyl sites for hydroxylation is 1. The molecule has 118 valence electrons. The molecule has 1 aliphatic rings. The molecule has 0 radical (unpaired) electrons. The van der Waals surface area contributed by atoms with Crippen LogP contribution in [0.5, 0.6) is 0 Å². The number of carbonyl (C=O) groups is 1. The minimum Gasteiger partial charge on any atom is -0.396 e. The topological polar surface area (TPSA) is 62.2 Å². The summed E-state index contributed by atoms with van der Waals surface area (Å²) in [5.41, 5.74) is 0.484. The molecule has 1 aromatic heterocycles. The van der Waals surface area contributed by atoms with Gasteiger partial charge >= 0.3 is 0 Å². The molecule has 0 bridgehead atoms. The van der Waals surface area contributed by atoms with Crippen LogP contribution in [0.1, 0.15) is 78.7 Å². The van der Waals surface area contributed by atoms with Gasteiger partial charge in [-0.05, 0) is 39.5 Å². The van der Waals surface area contributed by atoms with Gasteiger partial charge in [-0.1, -0.05) is 19.8 Å². The number of nitrogens with zero attached hydrogens (tertiary/aromatic N) is 1. The molecule has 0 spiro atoms. The number of aliphatic hydroxyl groups excluding tert-OH is 1. The Morgan fingerprint density at radius 3 is 2.71 bits per heavy atom. The van der Waals surface area contributed by atoms with E-state index in [1.165, 1.54) is 25.7 Å². The van der Waals surface area contributed by atoms with Crippen molar-refractivity contribution in [1.82, 2.24) is 10.3 Å². The van der Waals surface area contributed by atoms with Crippen molar-refractivity contribution in [1.29, 1.82) is 0 Å². The third kappa shape index (κ3) is 3.83. The van der Waals surface area contributed by atoms with Gasteiger partial charge in [0.15, 0.2) is 0 Å². The van der Waals surface area contributed by atoms with Crippen LogP contribution in [0.3, 0.4) is 0 Å². The Kier molecular flexibility index (Phi) is 5.38. The highest BCUT2D eigenvalue weighted by Gasteiger charge is 2.28. The SMILES string of the molecule is CCC(C)(CCO)NC(=O)c1sc(C2CCCC2)nc1C. The molecular weight excluding hydrogens is 284 g/mol. The van der Waals surface area contributed by atoms with Crippen LogP contribution in [-0.2, 0) is 0 Å². The highest BCUT2D eigenvalue weighted by Crippen LogP contribution is 2.37. The summed E-state index contributed by atoms with van der Waals surface area (Å²) in [4.78, 5) is 17.9. The second kappa shape index (κ2) is 6.88. The molecule has 21 heavy (non-hydrogen) atoms. The highest BCUT2D eigenvalue weighted by molar-refractivity contribution is 7.13. The molecule has 1 heterocycles. The lowest BCUT2D eigenvalue weighted by molar-refractivity contribution is 0.0889. The van der Waals surface area contributed by atoms with Gasteiger partial charge in [0, 0.05) is 18.1 Å². The second-order valence-electron chi connectivity index (χ2n) is 6.29. The van der Waals surface area contributed by atoms with Crippen molar-refractivity contribution in [2.45, 2.75) is 70.8 Å². The number of rotatable bonds is 6. The summed E-state index contributed by atoms with van der Waals surface area (Å²) in [5, 5.41) is 13.4. The molecule has 1 saturated carbocycles. The minimum absolute atomic E-state index is 0.0490. The summed E-state index contributed by atoms with van der Waals surface area (Å²) in [5.74, 6) is 0.497. The van der Waals surface area contributed by atoms with E-state index in [2.05, 4.69) is 10.3 Å². The van der Waals surface area contributed by atoms with Crippen molar-refractivity contribution >= 4 is 17.2 Å². The zero-order valence-electron chi connectivity index (χ0n) is 13.2. The van der Waals surface area contributed by atoms with E-state index >= 15 is 0 Å². The molecule has 5 heteroatoms. The molecule has 1 aromatic rings. The van der Waals surface area contributed by atoms with E-state index in [9.17, 15) is 4.79 Å². The first-order valence-corrected chi connectivity index (χ1v) is 8.71. The average molecular weight is 310 g/mol. The van der Waals surface area contributed by atoms with Gasteiger partial charge in [-0.2, -0.15) is 0 Å². The molecule has 1 amide bonds.